The van der Waals surface area contributed by atoms with E-state index in [4.69, 9.17) is 4.74 Å². The Labute approximate surface area is 98.8 Å². The molecule has 16 heavy (non-hydrogen) atoms. The number of hydrogen-bond acceptors (Lipinski definition) is 3. The lowest BCUT2D eigenvalue weighted by molar-refractivity contribution is 0.0618. The summed E-state index contributed by atoms with van der Waals surface area (Å²) >= 11 is 0. The summed E-state index contributed by atoms with van der Waals surface area (Å²) in [6, 6.07) is 1.30. The molecule has 0 radical (unpaired) electrons. The fraction of sp³-hybridized carbons (Fsp3) is 0.846. The van der Waals surface area contributed by atoms with Crippen molar-refractivity contribution in [2.45, 2.75) is 37.8 Å². The van der Waals surface area contributed by atoms with Gasteiger partial charge >= 0.3 is 0 Å². The van der Waals surface area contributed by atoms with E-state index in [0.717, 1.165) is 19.8 Å². The molecule has 3 nitrogen and oxygen atoms in total. The van der Waals surface area contributed by atoms with Crippen molar-refractivity contribution in [2.75, 3.05) is 32.8 Å². The molecule has 0 aromatic heterocycles. The van der Waals surface area contributed by atoms with Gasteiger partial charge in [0, 0.05) is 25.2 Å². The molecule has 1 unspecified atom stereocenters. The molecular formula is C13H24N2O. The third kappa shape index (κ3) is 3.58. The van der Waals surface area contributed by atoms with Gasteiger partial charge in [-0.2, -0.15) is 0 Å². The van der Waals surface area contributed by atoms with Gasteiger partial charge < -0.3 is 10.1 Å². The van der Waals surface area contributed by atoms with E-state index in [1.807, 2.05) is 6.08 Å². The van der Waals surface area contributed by atoms with Crippen LogP contribution in [0.25, 0.3) is 0 Å². The van der Waals surface area contributed by atoms with E-state index in [9.17, 15) is 0 Å². The molecule has 2 aliphatic rings. The van der Waals surface area contributed by atoms with E-state index in [0.29, 0.717) is 12.1 Å². The van der Waals surface area contributed by atoms with Gasteiger partial charge in [-0.25, -0.2) is 0 Å². The summed E-state index contributed by atoms with van der Waals surface area (Å²) in [6.07, 6.45) is 7.04. The summed E-state index contributed by atoms with van der Waals surface area (Å²) in [5.74, 6) is 0. The summed E-state index contributed by atoms with van der Waals surface area (Å²) in [4.78, 5) is 2.47. The minimum Gasteiger partial charge on any atom is -0.380 e. The summed E-state index contributed by atoms with van der Waals surface area (Å²) in [7, 11) is 0. The van der Waals surface area contributed by atoms with Crippen LogP contribution in [0.3, 0.4) is 0 Å². The van der Waals surface area contributed by atoms with Crippen LogP contribution in [0, 0.1) is 0 Å². The zero-order valence-electron chi connectivity index (χ0n) is 10.2. The van der Waals surface area contributed by atoms with Crippen molar-refractivity contribution in [2.24, 2.45) is 0 Å². The minimum atomic E-state index is 0.602. The number of ether oxygens (including phenoxy) is 1. The molecule has 2 fully saturated rings. The van der Waals surface area contributed by atoms with Crippen LogP contribution in [0.5, 0.6) is 0 Å². The minimum absolute atomic E-state index is 0.602. The summed E-state index contributed by atoms with van der Waals surface area (Å²) in [5, 5.41) is 3.74. The average molecular weight is 224 g/mol. The lowest BCUT2D eigenvalue weighted by atomic mass is 10.0. The van der Waals surface area contributed by atoms with Crippen LogP contribution in [-0.4, -0.2) is 49.8 Å². The number of piperidine rings is 1. The van der Waals surface area contributed by atoms with Crippen molar-refractivity contribution in [1.82, 2.24) is 10.2 Å². The maximum Gasteiger partial charge on any atom is 0.0619 e. The third-order valence-electron chi connectivity index (χ3n) is 3.61. The molecule has 92 valence electrons. The second kappa shape index (κ2) is 6.38. The monoisotopic (exact) mass is 224 g/mol. The topological polar surface area (TPSA) is 24.5 Å². The van der Waals surface area contributed by atoms with Gasteiger partial charge in [0.1, 0.15) is 0 Å². The molecule has 2 aliphatic heterocycles. The smallest absolute Gasteiger partial charge is 0.0619 e. The predicted octanol–water partition coefficient (Wildman–Crippen LogP) is 1.41. The van der Waals surface area contributed by atoms with E-state index in [2.05, 4.69) is 16.8 Å². The Morgan fingerprint density at radius 1 is 1.25 bits per heavy atom. The van der Waals surface area contributed by atoms with Gasteiger partial charge in [-0.1, -0.05) is 6.08 Å². The fourth-order valence-corrected chi connectivity index (χ4v) is 2.67. The lowest BCUT2D eigenvalue weighted by Gasteiger charge is -2.35. The Kier molecular flexibility index (Phi) is 4.82. The first-order valence-corrected chi connectivity index (χ1v) is 6.55. The SMILES string of the molecule is C=CCN1CCC(NC2CCCOC2)CC1. The molecule has 3 heteroatoms. The highest BCUT2D eigenvalue weighted by atomic mass is 16.5. The highest BCUT2D eigenvalue weighted by molar-refractivity contribution is 4.84. The van der Waals surface area contributed by atoms with Crippen LogP contribution in [0.1, 0.15) is 25.7 Å². The lowest BCUT2D eigenvalue weighted by Crippen LogP contribution is -2.48. The van der Waals surface area contributed by atoms with Crippen molar-refractivity contribution in [3.63, 3.8) is 0 Å². The van der Waals surface area contributed by atoms with E-state index in [-0.39, 0.29) is 0 Å². The molecule has 2 rings (SSSR count). The maximum atomic E-state index is 5.50. The molecule has 2 saturated heterocycles. The number of likely N-dealkylation sites (tertiary alicyclic amines) is 1. The fourth-order valence-electron chi connectivity index (χ4n) is 2.67. The van der Waals surface area contributed by atoms with Crippen molar-refractivity contribution in [3.05, 3.63) is 12.7 Å². The van der Waals surface area contributed by atoms with Crippen molar-refractivity contribution in [3.8, 4) is 0 Å². The first-order chi connectivity index (χ1) is 7.88. The maximum absolute atomic E-state index is 5.50. The highest BCUT2D eigenvalue weighted by Gasteiger charge is 2.22. The van der Waals surface area contributed by atoms with E-state index in [1.54, 1.807) is 0 Å². The molecular weight excluding hydrogens is 200 g/mol. The average Bonchev–Trinajstić information content (AvgIpc) is 2.33. The summed E-state index contributed by atoms with van der Waals surface area (Å²) in [6.45, 7) is 9.11. The Morgan fingerprint density at radius 2 is 2.06 bits per heavy atom. The van der Waals surface area contributed by atoms with Crippen LogP contribution in [0.15, 0.2) is 12.7 Å². The van der Waals surface area contributed by atoms with Gasteiger partial charge in [0.05, 0.1) is 6.61 Å². The zero-order chi connectivity index (χ0) is 11.2. The second-order valence-electron chi connectivity index (χ2n) is 4.94. The molecule has 0 aromatic carbocycles. The molecule has 1 N–H and O–H groups in total. The van der Waals surface area contributed by atoms with Crippen LogP contribution in [-0.2, 0) is 4.74 Å². The number of rotatable bonds is 4. The number of nitrogens with one attached hydrogen (secondary N) is 1. The van der Waals surface area contributed by atoms with Gasteiger partial charge in [-0.15, -0.1) is 6.58 Å². The molecule has 0 bridgehead atoms. The predicted molar refractivity (Wildman–Crippen MR) is 66.6 cm³/mol. The Morgan fingerprint density at radius 3 is 2.69 bits per heavy atom. The summed E-state index contributed by atoms with van der Waals surface area (Å²) in [5.41, 5.74) is 0. The summed E-state index contributed by atoms with van der Waals surface area (Å²) < 4.78 is 5.50. The Hall–Kier alpha value is -0.380. The van der Waals surface area contributed by atoms with E-state index >= 15 is 0 Å². The van der Waals surface area contributed by atoms with Gasteiger partial charge in [0.25, 0.3) is 0 Å². The first kappa shape index (κ1) is 12.1. The van der Waals surface area contributed by atoms with Crippen LogP contribution in [0.2, 0.25) is 0 Å². The Balaban J connectivity index is 1.66. The van der Waals surface area contributed by atoms with Crippen LogP contribution >= 0.6 is 0 Å². The zero-order valence-corrected chi connectivity index (χ0v) is 10.2. The van der Waals surface area contributed by atoms with E-state index in [1.165, 1.54) is 38.8 Å². The molecule has 0 aliphatic carbocycles. The number of hydrogen-bond donors (Lipinski definition) is 1. The van der Waals surface area contributed by atoms with Gasteiger partial charge in [0.2, 0.25) is 0 Å². The molecule has 0 spiro atoms. The first-order valence-electron chi connectivity index (χ1n) is 6.55. The molecule has 2 heterocycles. The second-order valence-corrected chi connectivity index (χ2v) is 4.94. The molecule has 1 atom stereocenters. The largest absolute Gasteiger partial charge is 0.380 e. The normalized spacial score (nSPS) is 29.1. The van der Waals surface area contributed by atoms with Crippen LogP contribution < -0.4 is 5.32 Å². The van der Waals surface area contributed by atoms with Gasteiger partial charge in [-0.3, -0.25) is 4.90 Å². The van der Waals surface area contributed by atoms with E-state index < -0.39 is 0 Å². The molecule has 0 amide bonds. The van der Waals surface area contributed by atoms with Crippen molar-refractivity contribution >= 4 is 0 Å². The Bertz CT molecular complexity index is 206. The molecule has 0 saturated carbocycles. The van der Waals surface area contributed by atoms with Crippen molar-refractivity contribution in [1.29, 1.82) is 0 Å². The van der Waals surface area contributed by atoms with Crippen LogP contribution in [0.4, 0.5) is 0 Å². The third-order valence-corrected chi connectivity index (χ3v) is 3.61. The van der Waals surface area contributed by atoms with Gasteiger partial charge in [0.15, 0.2) is 0 Å². The highest BCUT2D eigenvalue weighted by Crippen LogP contribution is 2.13. The number of nitrogens with zero attached hydrogens (tertiary/aromatic N) is 1. The quantitative estimate of drug-likeness (QED) is 0.731. The van der Waals surface area contributed by atoms with Gasteiger partial charge in [-0.05, 0) is 38.8 Å². The standard InChI is InChI=1S/C13H24N2O/c1-2-7-15-8-5-12(6-9-15)14-13-4-3-10-16-11-13/h2,12-14H,1,3-11H2. The van der Waals surface area contributed by atoms with Crippen molar-refractivity contribution < 1.29 is 4.74 Å². The molecule has 0 aromatic rings.